The molecule has 0 spiro atoms. The van der Waals surface area contributed by atoms with E-state index in [1.807, 2.05) is 19.9 Å². The standard InChI is InChI=1S/C24H31ClN2O4S/c1-15(2)20-14-21(16(3)13-23(20)31-5)17(4)26-24(28)22-7-6-12-27(22)32(29,30)19-10-8-18(25)9-11-19/h8-11,13-15,17,22H,6-7,12H2,1-5H3,(H,26,28)/t17-,22-/m1/s1. The molecule has 1 fully saturated rings. The van der Waals surface area contributed by atoms with Crippen LogP contribution in [-0.2, 0) is 14.8 Å². The van der Waals surface area contributed by atoms with Gasteiger partial charge < -0.3 is 10.1 Å². The molecule has 8 heteroatoms. The quantitative estimate of drug-likeness (QED) is 0.619. The predicted octanol–water partition coefficient (Wildman–Crippen LogP) is 4.81. The SMILES string of the molecule is COc1cc(C)c([C@@H](C)NC(=O)[C@H]2CCCN2S(=O)(=O)c2ccc(Cl)cc2)cc1C(C)C. The molecule has 2 atom stereocenters. The largest absolute Gasteiger partial charge is 0.496 e. The van der Waals surface area contributed by atoms with Crippen molar-refractivity contribution in [3.8, 4) is 5.75 Å². The topological polar surface area (TPSA) is 75.7 Å². The number of carbonyl (C=O) groups is 1. The Balaban J connectivity index is 1.82. The molecule has 1 saturated heterocycles. The zero-order valence-corrected chi connectivity index (χ0v) is 20.8. The third-order valence-electron chi connectivity index (χ3n) is 5.99. The Hall–Kier alpha value is -2.09. The molecule has 0 radical (unpaired) electrons. The van der Waals surface area contributed by atoms with Crippen molar-refractivity contribution in [1.29, 1.82) is 0 Å². The minimum Gasteiger partial charge on any atom is -0.496 e. The van der Waals surface area contributed by atoms with Crippen LogP contribution in [0.25, 0.3) is 0 Å². The Labute approximate surface area is 196 Å². The molecule has 2 aromatic carbocycles. The Kier molecular flexibility index (Phi) is 7.53. The van der Waals surface area contributed by atoms with Crippen LogP contribution >= 0.6 is 11.6 Å². The Morgan fingerprint density at radius 1 is 1.16 bits per heavy atom. The van der Waals surface area contributed by atoms with Crippen molar-refractivity contribution in [2.45, 2.75) is 63.4 Å². The maximum absolute atomic E-state index is 13.2. The van der Waals surface area contributed by atoms with Crippen molar-refractivity contribution in [1.82, 2.24) is 9.62 Å². The second kappa shape index (κ2) is 9.81. The third kappa shape index (κ3) is 4.95. The normalized spacial score (nSPS) is 18.0. The minimum atomic E-state index is -3.79. The molecular weight excluding hydrogens is 448 g/mol. The van der Waals surface area contributed by atoms with E-state index in [9.17, 15) is 13.2 Å². The maximum atomic E-state index is 13.2. The summed E-state index contributed by atoms with van der Waals surface area (Å²) in [5.41, 5.74) is 3.08. The molecule has 0 aromatic heterocycles. The van der Waals surface area contributed by atoms with Crippen LogP contribution in [0, 0.1) is 6.92 Å². The predicted molar refractivity (Wildman–Crippen MR) is 127 cm³/mol. The van der Waals surface area contributed by atoms with E-state index >= 15 is 0 Å². The molecule has 1 amide bonds. The van der Waals surface area contributed by atoms with Crippen LogP contribution in [0.2, 0.25) is 5.02 Å². The average Bonchev–Trinajstić information content (AvgIpc) is 3.24. The summed E-state index contributed by atoms with van der Waals surface area (Å²) in [4.78, 5) is 13.3. The van der Waals surface area contributed by atoms with E-state index < -0.39 is 16.1 Å². The molecule has 6 nitrogen and oxygen atoms in total. The molecule has 0 saturated carbocycles. The van der Waals surface area contributed by atoms with Gasteiger partial charge in [-0.15, -0.1) is 0 Å². The van der Waals surface area contributed by atoms with Gasteiger partial charge in [0.2, 0.25) is 15.9 Å². The number of hydrogen-bond acceptors (Lipinski definition) is 4. The fourth-order valence-electron chi connectivity index (χ4n) is 4.23. The van der Waals surface area contributed by atoms with Gasteiger partial charge in [-0.3, -0.25) is 4.79 Å². The summed E-state index contributed by atoms with van der Waals surface area (Å²) < 4.78 is 33.1. The Morgan fingerprint density at radius 2 is 1.81 bits per heavy atom. The van der Waals surface area contributed by atoms with Crippen LogP contribution < -0.4 is 10.1 Å². The number of hydrogen-bond donors (Lipinski definition) is 1. The van der Waals surface area contributed by atoms with Gasteiger partial charge in [-0.2, -0.15) is 4.31 Å². The van der Waals surface area contributed by atoms with E-state index in [4.69, 9.17) is 16.3 Å². The third-order valence-corrected chi connectivity index (χ3v) is 8.17. The van der Waals surface area contributed by atoms with Crippen LogP contribution in [0.3, 0.4) is 0 Å². The van der Waals surface area contributed by atoms with Crippen LogP contribution in [0.1, 0.15) is 62.3 Å². The van der Waals surface area contributed by atoms with E-state index in [1.54, 1.807) is 19.2 Å². The number of benzene rings is 2. The van der Waals surface area contributed by atoms with Gasteiger partial charge in [0.25, 0.3) is 0 Å². The fourth-order valence-corrected chi connectivity index (χ4v) is 6.01. The lowest BCUT2D eigenvalue weighted by Gasteiger charge is -2.26. The highest BCUT2D eigenvalue weighted by Gasteiger charge is 2.39. The number of rotatable bonds is 7. The first-order valence-corrected chi connectivity index (χ1v) is 12.6. The molecule has 1 heterocycles. The molecule has 1 aliphatic rings. The lowest BCUT2D eigenvalue weighted by Crippen LogP contribution is -2.46. The molecule has 32 heavy (non-hydrogen) atoms. The number of sulfonamides is 1. The molecule has 0 unspecified atom stereocenters. The molecule has 3 rings (SSSR count). The van der Waals surface area contributed by atoms with Crippen molar-refractivity contribution >= 4 is 27.5 Å². The van der Waals surface area contributed by atoms with E-state index in [1.165, 1.54) is 16.4 Å². The Morgan fingerprint density at radius 3 is 2.41 bits per heavy atom. The summed E-state index contributed by atoms with van der Waals surface area (Å²) in [7, 11) is -2.13. The fraction of sp³-hybridized carbons (Fsp3) is 0.458. The summed E-state index contributed by atoms with van der Waals surface area (Å²) in [6.07, 6.45) is 1.13. The number of nitrogens with one attached hydrogen (secondary N) is 1. The minimum absolute atomic E-state index is 0.141. The van der Waals surface area contributed by atoms with Crippen molar-refractivity contribution in [3.63, 3.8) is 0 Å². The van der Waals surface area contributed by atoms with E-state index in [2.05, 4.69) is 25.2 Å². The zero-order valence-electron chi connectivity index (χ0n) is 19.2. The molecular formula is C24H31ClN2O4S. The van der Waals surface area contributed by atoms with Gasteiger partial charge in [0, 0.05) is 11.6 Å². The lowest BCUT2D eigenvalue weighted by atomic mass is 9.93. The van der Waals surface area contributed by atoms with Crippen molar-refractivity contribution < 1.29 is 17.9 Å². The second-order valence-electron chi connectivity index (χ2n) is 8.56. The average molecular weight is 479 g/mol. The molecule has 174 valence electrons. The molecule has 1 aliphatic heterocycles. The first-order chi connectivity index (χ1) is 15.1. The number of amides is 1. The van der Waals surface area contributed by atoms with Gasteiger partial charge in [0.1, 0.15) is 11.8 Å². The first-order valence-electron chi connectivity index (χ1n) is 10.8. The summed E-state index contributed by atoms with van der Waals surface area (Å²) in [5, 5.41) is 3.50. The lowest BCUT2D eigenvalue weighted by molar-refractivity contribution is -0.124. The van der Waals surface area contributed by atoms with Crippen LogP contribution in [0.5, 0.6) is 5.75 Å². The summed E-state index contributed by atoms with van der Waals surface area (Å²) in [6, 6.07) is 9.08. The van der Waals surface area contributed by atoms with Crippen molar-refractivity contribution in [3.05, 3.63) is 58.1 Å². The monoisotopic (exact) mass is 478 g/mol. The van der Waals surface area contributed by atoms with Crippen molar-refractivity contribution in [2.75, 3.05) is 13.7 Å². The Bertz CT molecular complexity index is 1080. The molecule has 0 bridgehead atoms. The molecule has 0 aliphatic carbocycles. The highest BCUT2D eigenvalue weighted by molar-refractivity contribution is 7.89. The smallest absolute Gasteiger partial charge is 0.243 e. The van der Waals surface area contributed by atoms with Crippen LogP contribution in [-0.4, -0.2) is 38.3 Å². The number of nitrogens with zero attached hydrogens (tertiary/aromatic N) is 1. The van der Waals surface area contributed by atoms with Gasteiger partial charge in [-0.25, -0.2) is 8.42 Å². The number of aryl methyl sites for hydroxylation is 1. The van der Waals surface area contributed by atoms with Gasteiger partial charge >= 0.3 is 0 Å². The summed E-state index contributed by atoms with van der Waals surface area (Å²) in [6.45, 7) is 8.41. The highest BCUT2D eigenvalue weighted by atomic mass is 35.5. The summed E-state index contributed by atoms with van der Waals surface area (Å²) in [5.74, 6) is 0.812. The van der Waals surface area contributed by atoms with E-state index in [-0.39, 0.29) is 22.8 Å². The molecule has 2 aromatic rings. The molecule has 1 N–H and O–H groups in total. The van der Waals surface area contributed by atoms with Gasteiger partial charge in [0.05, 0.1) is 18.0 Å². The van der Waals surface area contributed by atoms with Gasteiger partial charge in [-0.05, 0) is 85.7 Å². The number of halogens is 1. The highest BCUT2D eigenvalue weighted by Crippen LogP contribution is 2.33. The van der Waals surface area contributed by atoms with E-state index in [0.717, 1.165) is 22.4 Å². The second-order valence-corrected chi connectivity index (χ2v) is 10.9. The maximum Gasteiger partial charge on any atom is 0.243 e. The van der Waals surface area contributed by atoms with Gasteiger partial charge in [-0.1, -0.05) is 25.4 Å². The van der Waals surface area contributed by atoms with E-state index in [0.29, 0.717) is 24.4 Å². The number of ether oxygens (including phenoxy) is 1. The number of carbonyl (C=O) groups excluding carboxylic acids is 1. The number of methoxy groups -OCH3 is 1. The summed E-state index contributed by atoms with van der Waals surface area (Å²) >= 11 is 5.90. The van der Waals surface area contributed by atoms with Gasteiger partial charge in [0.15, 0.2) is 0 Å². The van der Waals surface area contributed by atoms with Crippen LogP contribution in [0.4, 0.5) is 0 Å². The van der Waals surface area contributed by atoms with Crippen LogP contribution in [0.15, 0.2) is 41.3 Å². The first kappa shape index (κ1) is 24.6. The van der Waals surface area contributed by atoms with Crippen molar-refractivity contribution in [2.24, 2.45) is 0 Å². The zero-order chi connectivity index (χ0) is 23.6.